The quantitative estimate of drug-likeness (QED) is 0.383. The van der Waals surface area contributed by atoms with E-state index in [1.807, 2.05) is 13.8 Å². The fraction of sp³-hybridized carbons (Fsp3) is 0.833. The van der Waals surface area contributed by atoms with Gasteiger partial charge in [0.2, 0.25) is 0 Å². The third-order valence-electron chi connectivity index (χ3n) is 1.67. The monoisotopic (exact) mass is 146 g/mol. The molecule has 0 aliphatic carbocycles. The van der Waals surface area contributed by atoms with E-state index in [9.17, 15) is 4.79 Å². The van der Waals surface area contributed by atoms with Crippen LogP contribution in [0.4, 0.5) is 0 Å². The Hall–Kier alpha value is -0.610. The molecule has 0 aliphatic rings. The lowest BCUT2D eigenvalue weighted by molar-refractivity contribution is -0.131. The first-order chi connectivity index (χ1) is 4.63. The molecule has 4 heteroatoms. The van der Waals surface area contributed by atoms with Gasteiger partial charge in [0.25, 0.3) is 5.91 Å². The minimum atomic E-state index is -0.602. The molecule has 0 radical (unpaired) electrons. The Morgan fingerprint density at radius 1 is 1.80 bits per heavy atom. The summed E-state index contributed by atoms with van der Waals surface area (Å²) in [5.74, 6) is -0.415. The average molecular weight is 146 g/mol. The first kappa shape index (κ1) is 9.39. The van der Waals surface area contributed by atoms with Crippen molar-refractivity contribution in [3.05, 3.63) is 0 Å². The van der Waals surface area contributed by atoms with Gasteiger partial charge in [-0.2, -0.15) is 0 Å². The van der Waals surface area contributed by atoms with Crippen molar-refractivity contribution in [2.24, 2.45) is 11.7 Å². The van der Waals surface area contributed by atoms with Crippen LogP contribution in [0, 0.1) is 5.92 Å². The Bertz CT molecular complexity index is 116. The highest BCUT2D eigenvalue weighted by Gasteiger charge is 2.17. The summed E-state index contributed by atoms with van der Waals surface area (Å²) in [5.41, 5.74) is 6.93. The minimum Gasteiger partial charge on any atom is -0.320 e. The zero-order valence-corrected chi connectivity index (χ0v) is 6.29. The molecule has 0 heterocycles. The zero-order valence-electron chi connectivity index (χ0n) is 6.29. The second-order valence-electron chi connectivity index (χ2n) is 2.39. The molecule has 0 saturated carbocycles. The minimum absolute atomic E-state index is 0.104. The maximum absolute atomic E-state index is 10.6. The lowest BCUT2D eigenvalue weighted by Gasteiger charge is -2.14. The molecule has 0 aromatic rings. The van der Waals surface area contributed by atoms with E-state index in [1.165, 1.54) is 5.48 Å². The molecule has 0 bridgehead atoms. The topological polar surface area (TPSA) is 75.4 Å². The molecule has 4 nitrogen and oxygen atoms in total. The summed E-state index contributed by atoms with van der Waals surface area (Å²) in [7, 11) is 0. The number of carbonyl (C=O) groups is 1. The third-order valence-corrected chi connectivity index (χ3v) is 1.67. The van der Waals surface area contributed by atoms with Crippen molar-refractivity contribution in [3.8, 4) is 0 Å². The molecule has 60 valence electrons. The highest BCUT2D eigenvalue weighted by atomic mass is 16.5. The van der Waals surface area contributed by atoms with E-state index in [0.29, 0.717) is 0 Å². The van der Waals surface area contributed by atoms with Gasteiger partial charge in [0.1, 0.15) is 0 Å². The second-order valence-corrected chi connectivity index (χ2v) is 2.39. The van der Waals surface area contributed by atoms with Crippen LogP contribution in [0.5, 0.6) is 0 Å². The largest absolute Gasteiger partial charge is 0.320 e. The van der Waals surface area contributed by atoms with Gasteiger partial charge in [-0.1, -0.05) is 20.3 Å². The van der Waals surface area contributed by atoms with Gasteiger partial charge in [0, 0.05) is 0 Å². The summed E-state index contributed by atoms with van der Waals surface area (Å²) < 4.78 is 0. The van der Waals surface area contributed by atoms with Crippen molar-refractivity contribution in [1.82, 2.24) is 5.48 Å². The highest BCUT2D eigenvalue weighted by Crippen LogP contribution is 2.04. The number of carbonyl (C=O) groups excluding carboxylic acids is 1. The Balaban J connectivity index is 3.81. The normalized spacial score (nSPS) is 16.0. The van der Waals surface area contributed by atoms with Crippen molar-refractivity contribution in [1.29, 1.82) is 0 Å². The van der Waals surface area contributed by atoms with Crippen LogP contribution in [0.3, 0.4) is 0 Å². The molecule has 0 spiro atoms. The first-order valence-corrected chi connectivity index (χ1v) is 3.33. The van der Waals surface area contributed by atoms with Gasteiger partial charge >= 0.3 is 0 Å². The predicted octanol–water partition coefficient (Wildman–Crippen LogP) is -0.135. The van der Waals surface area contributed by atoms with E-state index in [-0.39, 0.29) is 5.92 Å². The Morgan fingerprint density at radius 3 is 2.60 bits per heavy atom. The van der Waals surface area contributed by atoms with Crippen LogP contribution in [0.2, 0.25) is 0 Å². The summed E-state index contributed by atoms with van der Waals surface area (Å²) in [6.07, 6.45) is 0.828. The van der Waals surface area contributed by atoms with Gasteiger partial charge in [-0.3, -0.25) is 10.0 Å². The molecule has 0 aromatic carbocycles. The van der Waals surface area contributed by atoms with Crippen LogP contribution >= 0.6 is 0 Å². The number of nitrogens with one attached hydrogen (secondary N) is 1. The second kappa shape index (κ2) is 4.24. The van der Waals surface area contributed by atoms with Gasteiger partial charge in [-0.25, -0.2) is 5.48 Å². The molecular weight excluding hydrogens is 132 g/mol. The molecule has 0 aliphatic heterocycles. The van der Waals surface area contributed by atoms with E-state index in [4.69, 9.17) is 10.9 Å². The molecule has 0 unspecified atom stereocenters. The molecule has 2 atom stereocenters. The predicted molar refractivity (Wildman–Crippen MR) is 37.4 cm³/mol. The van der Waals surface area contributed by atoms with Crippen molar-refractivity contribution >= 4 is 5.91 Å². The Morgan fingerprint density at radius 2 is 2.30 bits per heavy atom. The third kappa shape index (κ3) is 2.33. The lowest BCUT2D eigenvalue weighted by Crippen LogP contribution is -2.43. The number of amides is 1. The van der Waals surface area contributed by atoms with Crippen LogP contribution in [0.25, 0.3) is 0 Å². The van der Waals surface area contributed by atoms with E-state index in [2.05, 4.69) is 0 Å². The summed E-state index contributed by atoms with van der Waals surface area (Å²) in [4.78, 5) is 10.6. The van der Waals surface area contributed by atoms with Crippen molar-refractivity contribution < 1.29 is 10.0 Å². The van der Waals surface area contributed by atoms with Gasteiger partial charge in [-0.05, 0) is 5.92 Å². The Labute approximate surface area is 60.4 Å². The number of rotatable bonds is 3. The molecule has 0 rings (SSSR count). The van der Waals surface area contributed by atoms with E-state index in [1.54, 1.807) is 0 Å². The summed E-state index contributed by atoms with van der Waals surface area (Å²) in [6.45, 7) is 3.80. The smallest absolute Gasteiger partial charge is 0.260 e. The molecule has 0 fully saturated rings. The maximum atomic E-state index is 10.6. The van der Waals surface area contributed by atoms with Crippen LogP contribution < -0.4 is 11.2 Å². The molecule has 0 saturated heterocycles. The molecule has 0 aromatic heterocycles. The van der Waals surface area contributed by atoms with Crippen molar-refractivity contribution in [2.45, 2.75) is 26.3 Å². The van der Waals surface area contributed by atoms with Gasteiger partial charge in [-0.15, -0.1) is 0 Å². The summed E-state index contributed by atoms with van der Waals surface area (Å²) >= 11 is 0. The van der Waals surface area contributed by atoms with E-state index < -0.39 is 11.9 Å². The number of hydroxylamine groups is 1. The SMILES string of the molecule is CC[C@@H](C)[C@@H](N)C(=O)NO. The fourth-order valence-corrected chi connectivity index (χ4v) is 0.587. The Kier molecular flexibility index (Phi) is 3.99. The first-order valence-electron chi connectivity index (χ1n) is 3.33. The number of nitrogens with two attached hydrogens (primary N) is 1. The van der Waals surface area contributed by atoms with E-state index >= 15 is 0 Å². The van der Waals surface area contributed by atoms with Crippen LogP contribution in [-0.4, -0.2) is 17.2 Å². The van der Waals surface area contributed by atoms with Gasteiger partial charge in [0.05, 0.1) is 6.04 Å². The standard InChI is InChI=1S/C6H14N2O2/c1-3-4(2)5(7)6(9)8-10/h4-5,10H,3,7H2,1-2H3,(H,8,9)/t4-,5-/m1/s1. The van der Waals surface area contributed by atoms with Crippen LogP contribution in [-0.2, 0) is 4.79 Å². The van der Waals surface area contributed by atoms with Crippen molar-refractivity contribution in [2.75, 3.05) is 0 Å². The van der Waals surface area contributed by atoms with Crippen LogP contribution in [0.15, 0.2) is 0 Å². The lowest BCUT2D eigenvalue weighted by atomic mass is 10.00. The van der Waals surface area contributed by atoms with Crippen molar-refractivity contribution in [3.63, 3.8) is 0 Å². The average Bonchev–Trinajstić information content (AvgIpc) is 2.00. The fourth-order valence-electron chi connectivity index (χ4n) is 0.587. The van der Waals surface area contributed by atoms with Crippen LogP contribution in [0.1, 0.15) is 20.3 Å². The zero-order chi connectivity index (χ0) is 8.15. The molecule has 10 heavy (non-hydrogen) atoms. The maximum Gasteiger partial charge on any atom is 0.260 e. The van der Waals surface area contributed by atoms with Gasteiger partial charge in [0.15, 0.2) is 0 Å². The summed E-state index contributed by atoms with van der Waals surface area (Å²) in [6, 6.07) is -0.602. The molecular formula is C6H14N2O2. The number of hydrogen-bond donors (Lipinski definition) is 3. The van der Waals surface area contributed by atoms with Gasteiger partial charge < -0.3 is 5.73 Å². The highest BCUT2D eigenvalue weighted by molar-refractivity contribution is 5.80. The molecule has 1 amide bonds. The summed E-state index contributed by atoms with van der Waals surface area (Å²) in [5, 5.41) is 8.17. The van der Waals surface area contributed by atoms with E-state index in [0.717, 1.165) is 6.42 Å². The number of hydrogen-bond acceptors (Lipinski definition) is 3. The molecule has 4 N–H and O–H groups in total.